The molecular formula is C18H18FN3O3S. The highest BCUT2D eigenvalue weighted by atomic mass is 32.2. The predicted molar refractivity (Wildman–Crippen MR) is 94.4 cm³/mol. The van der Waals surface area contributed by atoms with Gasteiger partial charge in [0, 0.05) is 38.1 Å². The molecule has 2 aromatic carbocycles. The average Bonchev–Trinajstić information content (AvgIpc) is 3.06. The van der Waals surface area contributed by atoms with Crippen molar-refractivity contribution in [2.75, 3.05) is 26.2 Å². The van der Waals surface area contributed by atoms with Gasteiger partial charge in [0.1, 0.15) is 11.5 Å². The minimum Gasteiger partial charge on any atom is -0.356 e. The zero-order valence-corrected chi connectivity index (χ0v) is 14.8. The Hall–Kier alpha value is -2.29. The van der Waals surface area contributed by atoms with Crippen LogP contribution < -0.4 is 0 Å². The summed E-state index contributed by atoms with van der Waals surface area (Å²) in [5, 5.41) is 5.11. The maximum atomic E-state index is 13.0. The van der Waals surface area contributed by atoms with Crippen LogP contribution in [0.4, 0.5) is 4.39 Å². The Kier molecular flexibility index (Phi) is 4.47. The Bertz CT molecular complexity index is 1010. The van der Waals surface area contributed by atoms with E-state index in [9.17, 15) is 12.8 Å². The molecule has 136 valence electrons. The van der Waals surface area contributed by atoms with Crippen molar-refractivity contribution >= 4 is 21.0 Å². The summed E-state index contributed by atoms with van der Waals surface area (Å²) in [6.07, 6.45) is 0. The van der Waals surface area contributed by atoms with Crippen molar-refractivity contribution < 1.29 is 17.3 Å². The van der Waals surface area contributed by atoms with E-state index in [4.69, 9.17) is 4.52 Å². The Morgan fingerprint density at radius 2 is 1.69 bits per heavy atom. The van der Waals surface area contributed by atoms with Crippen LogP contribution in [0.1, 0.15) is 5.69 Å². The van der Waals surface area contributed by atoms with E-state index < -0.39 is 15.8 Å². The molecule has 0 N–H and O–H groups in total. The van der Waals surface area contributed by atoms with Crippen molar-refractivity contribution in [2.45, 2.75) is 11.4 Å². The van der Waals surface area contributed by atoms with E-state index >= 15 is 0 Å². The standard InChI is InChI=1S/C18H18FN3O3S/c19-14-5-7-15(8-6-14)26(23,24)22-11-9-21(10-12-22)13-17-16-3-1-2-4-18(16)25-20-17/h1-8H,9-13H2. The molecule has 0 saturated carbocycles. The third kappa shape index (κ3) is 3.23. The van der Waals surface area contributed by atoms with Crippen molar-refractivity contribution in [2.24, 2.45) is 0 Å². The molecule has 0 radical (unpaired) electrons. The van der Waals surface area contributed by atoms with Gasteiger partial charge < -0.3 is 4.52 Å². The molecule has 26 heavy (non-hydrogen) atoms. The van der Waals surface area contributed by atoms with Crippen LogP contribution in [0.25, 0.3) is 11.0 Å². The molecule has 1 aromatic heterocycles. The lowest BCUT2D eigenvalue weighted by Crippen LogP contribution is -2.48. The predicted octanol–water partition coefficient (Wildman–Crippen LogP) is 2.47. The fourth-order valence-corrected chi connectivity index (χ4v) is 4.57. The summed E-state index contributed by atoms with van der Waals surface area (Å²) in [5.74, 6) is -0.450. The first-order valence-electron chi connectivity index (χ1n) is 8.35. The summed E-state index contributed by atoms with van der Waals surface area (Å²) in [4.78, 5) is 2.27. The fraction of sp³-hybridized carbons (Fsp3) is 0.278. The van der Waals surface area contributed by atoms with Gasteiger partial charge in [-0.1, -0.05) is 17.3 Å². The Labute approximate surface area is 150 Å². The van der Waals surface area contributed by atoms with Crippen molar-refractivity contribution in [3.63, 3.8) is 0 Å². The van der Waals surface area contributed by atoms with Crippen molar-refractivity contribution in [3.05, 3.63) is 60.0 Å². The van der Waals surface area contributed by atoms with Crippen LogP contribution in [0.2, 0.25) is 0 Å². The summed E-state index contributed by atoms with van der Waals surface area (Å²) < 4.78 is 45.1. The number of hydrogen-bond acceptors (Lipinski definition) is 5. The second kappa shape index (κ2) is 6.79. The number of hydrogen-bond donors (Lipinski definition) is 0. The highest BCUT2D eigenvalue weighted by Gasteiger charge is 2.29. The van der Waals surface area contributed by atoms with Crippen LogP contribution >= 0.6 is 0 Å². The Morgan fingerprint density at radius 3 is 2.42 bits per heavy atom. The van der Waals surface area contributed by atoms with E-state index in [1.54, 1.807) is 0 Å². The number of benzene rings is 2. The lowest BCUT2D eigenvalue weighted by Gasteiger charge is -2.33. The van der Waals surface area contributed by atoms with Gasteiger partial charge in [-0.3, -0.25) is 4.90 Å². The van der Waals surface area contributed by atoms with Gasteiger partial charge in [0.05, 0.1) is 4.90 Å². The maximum Gasteiger partial charge on any atom is 0.243 e. The van der Waals surface area contributed by atoms with E-state index in [0.29, 0.717) is 32.7 Å². The zero-order valence-electron chi connectivity index (χ0n) is 14.0. The monoisotopic (exact) mass is 375 g/mol. The number of halogens is 1. The van der Waals surface area contributed by atoms with E-state index in [0.717, 1.165) is 16.7 Å². The molecule has 1 fully saturated rings. The number of rotatable bonds is 4. The lowest BCUT2D eigenvalue weighted by molar-refractivity contribution is 0.178. The molecule has 0 unspecified atom stereocenters. The van der Waals surface area contributed by atoms with Crippen molar-refractivity contribution in [3.8, 4) is 0 Å². The fourth-order valence-electron chi connectivity index (χ4n) is 3.15. The van der Waals surface area contributed by atoms with Crippen LogP contribution in [0.3, 0.4) is 0 Å². The van der Waals surface area contributed by atoms with E-state index in [2.05, 4.69) is 10.1 Å². The number of nitrogens with zero attached hydrogens (tertiary/aromatic N) is 3. The van der Waals surface area contributed by atoms with Crippen LogP contribution in [0, 0.1) is 5.82 Å². The number of aromatic nitrogens is 1. The van der Waals surface area contributed by atoms with Gasteiger partial charge in [-0.15, -0.1) is 0 Å². The van der Waals surface area contributed by atoms with Gasteiger partial charge >= 0.3 is 0 Å². The molecule has 0 spiro atoms. The molecule has 1 aliphatic rings. The number of sulfonamides is 1. The average molecular weight is 375 g/mol. The van der Waals surface area contributed by atoms with E-state index in [1.165, 1.54) is 28.6 Å². The first-order valence-corrected chi connectivity index (χ1v) is 9.79. The summed E-state index contributed by atoms with van der Waals surface area (Å²) in [7, 11) is -3.59. The van der Waals surface area contributed by atoms with Gasteiger partial charge in [0.15, 0.2) is 5.58 Å². The molecular weight excluding hydrogens is 357 g/mol. The molecule has 1 aliphatic heterocycles. The van der Waals surface area contributed by atoms with E-state index in [-0.39, 0.29) is 4.90 Å². The minimum atomic E-state index is -3.59. The molecule has 6 nitrogen and oxygen atoms in total. The van der Waals surface area contributed by atoms with Crippen LogP contribution in [-0.4, -0.2) is 49.0 Å². The molecule has 8 heteroatoms. The molecule has 4 rings (SSSR count). The molecule has 3 aromatic rings. The molecule has 1 saturated heterocycles. The van der Waals surface area contributed by atoms with Gasteiger partial charge in [0.2, 0.25) is 10.0 Å². The van der Waals surface area contributed by atoms with Crippen LogP contribution in [-0.2, 0) is 16.6 Å². The normalized spacial score (nSPS) is 17.0. The smallest absolute Gasteiger partial charge is 0.243 e. The van der Waals surface area contributed by atoms with Crippen molar-refractivity contribution in [1.82, 2.24) is 14.4 Å². The zero-order chi connectivity index (χ0) is 18.1. The first kappa shape index (κ1) is 17.1. The quantitative estimate of drug-likeness (QED) is 0.701. The highest BCUT2D eigenvalue weighted by molar-refractivity contribution is 7.89. The first-order chi connectivity index (χ1) is 12.5. The highest BCUT2D eigenvalue weighted by Crippen LogP contribution is 2.22. The second-order valence-corrected chi connectivity index (χ2v) is 8.20. The number of para-hydroxylation sites is 1. The molecule has 0 atom stereocenters. The molecule has 0 aliphatic carbocycles. The summed E-state index contributed by atoms with van der Waals surface area (Å²) in [6, 6.07) is 12.6. The Morgan fingerprint density at radius 1 is 1.00 bits per heavy atom. The minimum absolute atomic E-state index is 0.120. The number of fused-ring (bicyclic) bond motifs is 1. The van der Waals surface area contributed by atoms with Crippen LogP contribution in [0.15, 0.2) is 57.9 Å². The molecule has 2 heterocycles. The van der Waals surface area contributed by atoms with E-state index in [1.807, 2.05) is 24.3 Å². The summed E-state index contributed by atoms with van der Waals surface area (Å²) >= 11 is 0. The summed E-state index contributed by atoms with van der Waals surface area (Å²) in [5.41, 5.74) is 1.61. The number of piperazine rings is 1. The van der Waals surface area contributed by atoms with Gasteiger partial charge in [-0.2, -0.15) is 4.31 Å². The topological polar surface area (TPSA) is 66.7 Å². The largest absolute Gasteiger partial charge is 0.356 e. The Balaban J connectivity index is 1.43. The van der Waals surface area contributed by atoms with Gasteiger partial charge in [-0.05, 0) is 36.4 Å². The SMILES string of the molecule is O=S(=O)(c1ccc(F)cc1)N1CCN(Cc2noc3ccccc23)CC1. The maximum absolute atomic E-state index is 13.0. The van der Waals surface area contributed by atoms with Gasteiger partial charge in [0.25, 0.3) is 0 Å². The van der Waals surface area contributed by atoms with Crippen LogP contribution in [0.5, 0.6) is 0 Å². The lowest BCUT2D eigenvalue weighted by atomic mass is 10.2. The van der Waals surface area contributed by atoms with Gasteiger partial charge in [-0.25, -0.2) is 12.8 Å². The van der Waals surface area contributed by atoms with Crippen molar-refractivity contribution in [1.29, 1.82) is 0 Å². The molecule has 0 bridgehead atoms. The third-order valence-corrected chi connectivity index (χ3v) is 6.52. The molecule has 0 amide bonds. The summed E-state index contributed by atoms with van der Waals surface area (Å²) in [6.45, 7) is 2.58. The second-order valence-electron chi connectivity index (χ2n) is 6.26. The third-order valence-electron chi connectivity index (χ3n) is 4.61.